The van der Waals surface area contributed by atoms with Crippen LogP contribution in [0.25, 0.3) is 0 Å². The second-order valence-corrected chi connectivity index (χ2v) is 8.80. The fourth-order valence-electron chi connectivity index (χ4n) is 3.01. The van der Waals surface area contributed by atoms with Gasteiger partial charge in [-0.15, -0.1) is 0 Å². The third kappa shape index (κ3) is 9.58. The van der Waals surface area contributed by atoms with Gasteiger partial charge >= 0.3 is 0 Å². The Morgan fingerprint density at radius 3 is 2.24 bits per heavy atom. The fraction of sp³-hybridized carbons (Fsp3) is 0.409. The molecule has 158 valence electrons. The molecule has 2 aromatic rings. The van der Waals surface area contributed by atoms with Gasteiger partial charge in [0.25, 0.3) is 0 Å². The number of aliphatic imine (C=N–C) groups is 1. The van der Waals surface area contributed by atoms with Gasteiger partial charge in [0.1, 0.15) is 0 Å². The Kier molecular flexibility index (Phi) is 9.67. The molecule has 0 fully saturated rings. The van der Waals surface area contributed by atoms with E-state index in [1.54, 1.807) is 0 Å². The summed E-state index contributed by atoms with van der Waals surface area (Å²) in [5, 5.41) is 6.54. The van der Waals surface area contributed by atoms with Crippen molar-refractivity contribution in [2.75, 3.05) is 32.4 Å². The minimum Gasteiger partial charge on any atom is -0.357 e. The highest BCUT2D eigenvalue weighted by Crippen LogP contribution is 2.21. The van der Waals surface area contributed by atoms with Crippen molar-refractivity contribution in [2.24, 2.45) is 4.99 Å². The molecule has 0 aliphatic rings. The number of guanidine groups is 1. The molecule has 0 heterocycles. The Hall–Kier alpha value is -2.38. The lowest BCUT2D eigenvalue weighted by molar-refractivity contribution is 0.584. The maximum atomic E-state index is 11.1. The first-order chi connectivity index (χ1) is 14.0. The zero-order chi connectivity index (χ0) is 21.0. The normalized spacial score (nSPS) is 13.1. The molecule has 0 aliphatic carbocycles. The lowest BCUT2D eigenvalue weighted by Crippen LogP contribution is -2.39. The lowest BCUT2D eigenvalue weighted by atomic mass is 9.92. The van der Waals surface area contributed by atoms with Crippen molar-refractivity contribution in [1.82, 2.24) is 15.4 Å². The lowest BCUT2D eigenvalue weighted by Gasteiger charge is -2.17. The topological polar surface area (TPSA) is 82.6 Å². The van der Waals surface area contributed by atoms with Crippen LogP contribution in [-0.4, -0.2) is 46.8 Å². The highest BCUT2D eigenvalue weighted by molar-refractivity contribution is 7.88. The number of hydrogen-bond acceptors (Lipinski definition) is 3. The number of benzene rings is 2. The minimum atomic E-state index is -3.14. The van der Waals surface area contributed by atoms with E-state index >= 15 is 0 Å². The third-order valence-electron chi connectivity index (χ3n) is 4.42. The average Bonchev–Trinajstić information content (AvgIpc) is 2.71. The molecule has 1 atom stereocenters. The van der Waals surface area contributed by atoms with Gasteiger partial charge < -0.3 is 10.6 Å². The highest BCUT2D eigenvalue weighted by Gasteiger charge is 2.12. The van der Waals surface area contributed by atoms with Crippen LogP contribution < -0.4 is 15.4 Å². The Balaban J connectivity index is 1.99. The Morgan fingerprint density at radius 1 is 0.966 bits per heavy atom. The predicted molar refractivity (Wildman–Crippen MR) is 121 cm³/mol. The monoisotopic (exact) mass is 416 g/mol. The van der Waals surface area contributed by atoms with Crippen molar-refractivity contribution in [3.05, 3.63) is 71.8 Å². The summed E-state index contributed by atoms with van der Waals surface area (Å²) in [6, 6.07) is 20.9. The molecule has 0 saturated carbocycles. The maximum absolute atomic E-state index is 11.1. The van der Waals surface area contributed by atoms with Gasteiger partial charge in [0, 0.05) is 32.1 Å². The highest BCUT2D eigenvalue weighted by atomic mass is 32.2. The molecule has 1 unspecified atom stereocenters. The minimum absolute atomic E-state index is 0.279. The number of sulfonamides is 1. The largest absolute Gasteiger partial charge is 0.357 e. The Bertz CT molecular complexity index is 840. The molecular formula is C22H32N4O2S. The zero-order valence-electron chi connectivity index (χ0n) is 17.3. The molecule has 2 rings (SSSR count). The molecule has 0 aromatic heterocycles. The van der Waals surface area contributed by atoms with Gasteiger partial charge in [0.2, 0.25) is 10.0 Å². The van der Waals surface area contributed by atoms with E-state index in [1.165, 1.54) is 17.4 Å². The fourth-order valence-corrected chi connectivity index (χ4v) is 3.52. The smallest absolute Gasteiger partial charge is 0.208 e. The van der Waals surface area contributed by atoms with Crippen LogP contribution in [0.5, 0.6) is 0 Å². The average molecular weight is 417 g/mol. The number of nitrogens with zero attached hydrogens (tertiary/aromatic N) is 1. The van der Waals surface area contributed by atoms with Gasteiger partial charge in [0.15, 0.2) is 5.96 Å². The molecule has 29 heavy (non-hydrogen) atoms. The SMILES string of the molecule is CCNC(=NCC(Cc1ccccc1)c1ccccc1)NCCCNS(C)(=O)=O. The first-order valence-corrected chi connectivity index (χ1v) is 11.9. The predicted octanol–water partition coefficient (Wildman–Crippen LogP) is 2.51. The molecule has 7 heteroatoms. The van der Waals surface area contributed by atoms with E-state index < -0.39 is 10.0 Å². The third-order valence-corrected chi connectivity index (χ3v) is 5.15. The first kappa shape index (κ1) is 22.9. The van der Waals surface area contributed by atoms with Gasteiger partial charge in [-0.1, -0.05) is 60.7 Å². The van der Waals surface area contributed by atoms with Crippen molar-refractivity contribution in [2.45, 2.75) is 25.7 Å². The van der Waals surface area contributed by atoms with Gasteiger partial charge in [-0.25, -0.2) is 13.1 Å². The van der Waals surface area contributed by atoms with Crippen molar-refractivity contribution < 1.29 is 8.42 Å². The summed E-state index contributed by atoms with van der Waals surface area (Å²) in [5.41, 5.74) is 2.56. The zero-order valence-corrected chi connectivity index (χ0v) is 18.1. The molecule has 0 aliphatic heterocycles. The maximum Gasteiger partial charge on any atom is 0.208 e. The molecular weight excluding hydrogens is 384 g/mol. The molecule has 6 nitrogen and oxygen atoms in total. The molecule has 0 amide bonds. The first-order valence-electron chi connectivity index (χ1n) is 10.0. The van der Waals surface area contributed by atoms with Crippen LogP contribution in [0.1, 0.15) is 30.4 Å². The number of nitrogens with one attached hydrogen (secondary N) is 3. The van der Waals surface area contributed by atoms with Crippen LogP contribution in [0.4, 0.5) is 0 Å². The number of rotatable bonds is 11. The van der Waals surface area contributed by atoms with Crippen molar-refractivity contribution >= 4 is 16.0 Å². The quantitative estimate of drug-likeness (QED) is 0.299. The summed E-state index contributed by atoms with van der Waals surface area (Å²) < 4.78 is 24.7. The van der Waals surface area contributed by atoms with E-state index in [9.17, 15) is 8.42 Å². The van der Waals surface area contributed by atoms with Crippen LogP contribution in [-0.2, 0) is 16.4 Å². The van der Waals surface area contributed by atoms with Crippen molar-refractivity contribution in [1.29, 1.82) is 0 Å². The molecule has 2 aromatic carbocycles. The van der Waals surface area contributed by atoms with E-state index in [0.29, 0.717) is 26.1 Å². The summed E-state index contributed by atoms with van der Waals surface area (Å²) in [5.74, 6) is 1.03. The summed E-state index contributed by atoms with van der Waals surface area (Å²) >= 11 is 0. The van der Waals surface area contributed by atoms with E-state index in [1.807, 2.05) is 19.1 Å². The molecule has 0 spiro atoms. The number of hydrogen-bond donors (Lipinski definition) is 3. The van der Waals surface area contributed by atoms with E-state index in [0.717, 1.165) is 18.9 Å². The van der Waals surface area contributed by atoms with E-state index in [4.69, 9.17) is 4.99 Å². The molecule has 0 saturated heterocycles. The van der Waals surface area contributed by atoms with Crippen molar-refractivity contribution in [3.8, 4) is 0 Å². The van der Waals surface area contributed by atoms with Crippen LogP contribution >= 0.6 is 0 Å². The molecule has 3 N–H and O–H groups in total. The van der Waals surface area contributed by atoms with Gasteiger partial charge in [-0.2, -0.15) is 0 Å². The summed E-state index contributed by atoms with van der Waals surface area (Å²) in [6.45, 7) is 4.51. The van der Waals surface area contributed by atoms with Gasteiger partial charge in [-0.05, 0) is 30.9 Å². The molecule has 0 radical (unpaired) electrons. The van der Waals surface area contributed by atoms with Gasteiger partial charge in [0.05, 0.1) is 6.26 Å². The Labute approximate surface area is 174 Å². The summed E-state index contributed by atoms with van der Waals surface area (Å²) in [7, 11) is -3.14. The second kappa shape index (κ2) is 12.2. The van der Waals surface area contributed by atoms with E-state index in [-0.39, 0.29) is 5.92 Å². The Morgan fingerprint density at radius 2 is 1.62 bits per heavy atom. The summed E-state index contributed by atoms with van der Waals surface area (Å²) in [4.78, 5) is 4.79. The second-order valence-electron chi connectivity index (χ2n) is 6.96. The van der Waals surface area contributed by atoms with Crippen LogP contribution in [0.3, 0.4) is 0 Å². The van der Waals surface area contributed by atoms with E-state index in [2.05, 4.69) is 63.9 Å². The van der Waals surface area contributed by atoms with Crippen LogP contribution in [0.2, 0.25) is 0 Å². The van der Waals surface area contributed by atoms with Crippen molar-refractivity contribution in [3.63, 3.8) is 0 Å². The van der Waals surface area contributed by atoms with Crippen LogP contribution in [0.15, 0.2) is 65.7 Å². The van der Waals surface area contributed by atoms with Gasteiger partial charge in [-0.3, -0.25) is 4.99 Å². The van der Waals surface area contributed by atoms with Crippen LogP contribution in [0, 0.1) is 0 Å². The summed E-state index contributed by atoms with van der Waals surface area (Å²) in [6.07, 6.45) is 2.78. The molecule has 0 bridgehead atoms. The standard InChI is InChI=1S/C22H32N4O2S/c1-3-23-22(24-15-10-16-26-29(2,27)28)25-18-21(20-13-8-5-9-14-20)17-19-11-6-4-7-12-19/h4-9,11-14,21,26H,3,10,15-18H2,1-2H3,(H2,23,24,25).